The number of piperidine rings is 1. The lowest BCUT2D eigenvalue weighted by Gasteiger charge is -2.40. The van der Waals surface area contributed by atoms with Crippen LogP contribution in [0.5, 0.6) is 0 Å². The molecule has 1 aliphatic rings. The normalized spacial score (nSPS) is 21.7. The first-order chi connectivity index (χ1) is 7.91. The molecule has 0 aromatic heterocycles. The number of hydrogen-bond donors (Lipinski definition) is 1. The Balaban J connectivity index is 2.23. The Morgan fingerprint density at radius 1 is 1.24 bits per heavy atom. The Morgan fingerprint density at radius 3 is 2.24 bits per heavy atom. The second kappa shape index (κ2) is 6.44. The van der Waals surface area contributed by atoms with Crippen molar-refractivity contribution in [2.24, 2.45) is 11.1 Å². The van der Waals surface area contributed by atoms with Crippen LogP contribution in [0.2, 0.25) is 0 Å². The van der Waals surface area contributed by atoms with E-state index >= 15 is 0 Å². The van der Waals surface area contributed by atoms with Gasteiger partial charge in [-0.3, -0.25) is 0 Å². The lowest BCUT2D eigenvalue weighted by atomic mass is 9.90. The molecule has 0 atom stereocenters. The summed E-state index contributed by atoms with van der Waals surface area (Å²) in [5, 5.41) is 0. The number of nitrogens with two attached hydrogens (primary N) is 1. The summed E-state index contributed by atoms with van der Waals surface area (Å²) >= 11 is 1.97. The van der Waals surface area contributed by atoms with E-state index in [1.165, 1.54) is 45.3 Å². The first-order valence-corrected chi connectivity index (χ1v) is 8.11. The van der Waals surface area contributed by atoms with Gasteiger partial charge in [-0.2, -0.15) is 11.8 Å². The summed E-state index contributed by atoms with van der Waals surface area (Å²) in [6.45, 7) is 11.6. The van der Waals surface area contributed by atoms with Crippen LogP contribution in [-0.4, -0.2) is 42.1 Å². The molecule has 102 valence electrons. The lowest BCUT2D eigenvalue weighted by Crippen LogP contribution is -2.46. The molecule has 0 amide bonds. The Bertz CT molecular complexity index is 209. The van der Waals surface area contributed by atoms with E-state index in [9.17, 15) is 0 Å². The van der Waals surface area contributed by atoms with Gasteiger partial charge < -0.3 is 10.6 Å². The standard InChI is InChI=1S/C14H30N2S/c1-13(2,3)6-5-9-16-10-7-14(12-15,17-4)8-11-16/h5-12,15H2,1-4H3. The molecule has 17 heavy (non-hydrogen) atoms. The van der Waals surface area contributed by atoms with Crippen molar-refractivity contribution >= 4 is 11.8 Å². The molecule has 1 rings (SSSR count). The Kier molecular flexibility index (Phi) is 5.81. The molecule has 0 spiro atoms. The zero-order valence-electron chi connectivity index (χ0n) is 12.1. The predicted octanol–water partition coefficient (Wildman–Crippen LogP) is 2.97. The quantitative estimate of drug-likeness (QED) is 0.822. The van der Waals surface area contributed by atoms with Gasteiger partial charge >= 0.3 is 0 Å². The Labute approximate surface area is 112 Å². The molecule has 0 aromatic rings. The second-order valence-electron chi connectivity index (χ2n) is 6.60. The van der Waals surface area contributed by atoms with E-state index in [0.717, 1.165) is 6.54 Å². The molecule has 1 fully saturated rings. The Hall–Kier alpha value is 0.270. The monoisotopic (exact) mass is 258 g/mol. The maximum absolute atomic E-state index is 5.91. The molecule has 3 heteroatoms. The summed E-state index contributed by atoms with van der Waals surface area (Å²) < 4.78 is 0.376. The highest BCUT2D eigenvalue weighted by Gasteiger charge is 2.32. The van der Waals surface area contributed by atoms with E-state index < -0.39 is 0 Å². The molecular weight excluding hydrogens is 228 g/mol. The van der Waals surface area contributed by atoms with E-state index in [1.807, 2.05) is 11.8 Å². The predicted molar refractivity (Wildman–Crippen MR) is 79.7 cm³/mol. The number of rotatable bonds is 5. The van der Waals surface area contributed by atoms with Crippen molar-refractivity contribution < 1.29 is 0 Å². The smallest absolute Gasteiger partial charge is 0.0303 e. The van der Waals surface area contributed by atoms with Gasteiger partial charge in [0.15, 0.2) is 0 Å². The topological polar surface area (TPSA) is 29.3 Å². The fraction of sp³-hybridized carbons (Fsp3) is 1.00. The summed E-state index contributed by atoms with van der Waals surface area (Å²) in [5.41, 5.74) is 6.39. The van der Waals surface area contributed by atoms with Crippen molar-refractivity contribution in [3.05, 3.63) is 0 Å². The molecule has 0 aliphatic carbocycles. The molecule has 1 heterocycles. The average molecular weight is 258 g/mol. The number of thioether (sulfide) groups is 1. The Morgan fingerprint density at radius 2 is 1.82 bits per heavy atom. The SMILES string of the molecule is CSC1(CN)CCN(CCCC(C)(C)C)CC1. The van der Waals surface area contributed by atoms with Crippen molar-refractivity contribution in [2.45, 2.75) is 51.2 Å². The number of nitrogens with zero attached hydrogens (tertiary/aromatic N) is 1. The van der Waals surface area contributed by atoms with Gasteiger partial charge in [0.05, 0.1) is 0 Å². The van der Waals surface area contributed by atoms with Gasteiger partial charge in [-0.25, -0.2) is 0 Å². The zero-order chi connectivity index (χ0) is 12.9. The van der Waals surface area contributed by atoms with Crippen LogP contribution in [-0.2, 0) is 0 Å². The van der Waals surface area contributed by atoms with Crippen molar-refractivity contribution in [1.82, 2.24) is 4.90 Å². The van der Waals surface area contributed by atoms with Crippen molar-refractivity contribution in [3.63, 3.8) is 0 Å². The van der Waals surface area contributed by atoms with Gasteiger partial charge in [-0.1, -0.05) is 20.8 Å². The summed E-state index contributed by atoms with van der Waals surface area (Å²) in [4.78, 5) is 2.62. The third kappa shape index (κ3) is 5.19. The fourth-order valence-electron chi connectivity index (χ4n) is 2.51. The van der Waals surface area contributed by atoms with Crippen molar-refractivity contribution in [1.29, 1.82) is 0 Å². The second-order valence-corrected chi connectivity index (χ2v) is 7.87. The van der Waals surface area contributed by atoms with Gasteiger partial charge in [-0.05, 0) is 57.0 Å². The minimum atomic E-state index is 0.376. The van der Waals surface area contributed by atoms with E-state index in [-0.39, 0.29) is 0 Å². The molecular formula is C14H30N2S. The van der Waals surface area contributed by atoms with Crippen LogP contribution >= 0.6 is 11.8 Å². The van der Waals surface area contributed by atoms with E-state index in [2.05, 4.69) is 31.9 Å². The number of hydrogen-bond acceptors (Lipinski definition) is 3. The van der Waals surface area contributed by atoms with Crippen LogP contribution in [0.1, 0.15) is 46.5 Å². The molecule has 0 unspecified atom stereocenters. The van der Waals surface area contributed by atoms with Gasteiger partial charge in [0.2, 0.25) is 0 Å². The first-order valence-electron chi connectivity index (χ1n) is 6.88. The number of likely N-dealkylation sites (tertiary alicyclic amines) is 1. The van der Waals surface area contributed by atoms with Gasteiger partial charge in [0.1, 0.15) is 0 Å². The van der Waals surface area contributed by atoms with Gasteiger partial charge in [0.25, 0.3) is 0 Å². The van der Waals surface area contributed by atoms with Gasteiger partial charge in [0, 0.05) is 11.3 Å². The molecule has 2 N–H and O–H groups in total. The highest BCUT2D eigenvalue weighted by molar-refractivity contribution is 8.00. The van der Waals surface area contributed by atoms with Crippen molar-refractivity contribution in [2.75, 3.05) is 32.4 Å². The van der Waals surface area contributed by atoms with Gasteiger partial charge in [-0.15, -0.1) is 0 Å². The van der Waals surface area contributed by atoms with Crippen LogP contribution in [0.4, 0.5) is 0 Å². The third-order valence-corrected chi connectivity index (χ3v) is 5.41. The summed E-state index contributed by atoms with van der Waals surface area (Å²) in [6.07, 6.45) is 7.40. The molecule has 0 aromatic carbocycles. The van der Waals surface area contributed by atoms with Crippen LogP contribution in [0.15, 0.2) is 0 Å². The third-order valence-electron chi connectivity index (χ3n) is 3.97. The van der Waals surface area contributed by atoms with E-state index in [1.54, 1.807) is 0 Å². The molecule has 1 saturated heterocycles. The lowest BCUT2D eigenvalue weighted by molar-refractivity contribution is 0.190. The minimum Gasteiger partial charge on any atom is -0.329 e. The van der Waals surface area contributed by atoms with E-state index in [0.29, 0.717) is 10.2 Å². The first kappa shape index (κ1) is 15.3. The summed E-state index contributed by atoms with van der Waals surface area (Å²) in [5.74, 6) is 0. The fourth-order valence-corrected chi connectivity index (χ4v) is 3.27. The zero-order valence-corrected chi connectivity index (χ0v) is 12.9. The molecule has 0 bridgehead atoms. The highest BCUT2D eigenvalue weighted by Crippen LogP contribution is 2.33. The van der Waals surface area contributed by atoms with Crippen molar-refractivity contribution in [3.8, 4) is 0 Å². The van der Waals surface area contributed by atoms with Crippen LogP contribution in [0.25, 0.3) is 0 Å². The maximum Gasteiger partial charge on any atom is 0.0303 e. The van der Waals surface area contributed by atoms with Crippen LogP contribution in [0, 0.1) is 5.41 Å². The highest BCUT2D eigenvalue weighted by atomic mass is 32.2. The molecule has 0 radical (unpaired) electrons. The molecule has 0 saturated carbocycles. The summed E-state index contributed by atoms with van der Waals surface area (Å²) in [6, 6.07) is 0. The maximum atomic E-state index is 5.91. The largest absolute Gasteiger partial charge is 0.329 e. The average Bonchev–Trinajstić information content (AvgIpc) is 2.29. The van der Waals surface area contributed by atoms with Crippen LogP contribution in [0.3, 0.4) is 0 Å². The summed E-state index contributed by atoms with van der Waals surface area (Å²) in [7, 11) is 0. The van der Waals surface area contributed by atoms with E-state index in [4.69, 9.17) is 5.73 Å². The molecule has 1 aliphatic heterocycles. The molecule has 2 nitrogen and oxygen atoms in total. The van der Waals surface area contributed by atoms with Crippen LogP contribution < -0.4 is 5.73 Å². The minimum absolute atomic E-state index is 0.376.